The molecule has 2 aromatic heterocycles. The quantitative estimate of drug-likeness (QED) is 0.654. The van der Waals surface area contributed by atoms with Crippen molar-refractivity contribution in [3.05, 3.63) is 46.3 Å². The van der Waals surface area contributed by atoms with Crippen LogP contribution in [0.3, 0.4) is 0 Å². The predicted octanol–water partition coefficient (Wildman–Crippen LogP) is 2.61. The highest BCUT2D eigenvalue weighted by molar-refractivity contribution is 7.07. The maximum absolute atomic E-state index is 4.58. The number of thiophene rings is 1. The molecule has 2 aromatic rings. The SMILES string of the molecule is CN=C(NCc1ccc(N2CCCC2)nc1)NCc1ccsc1. The highest BCUT2D eigenvalue weighted by atomic mass is 32.1. The average Bonchev–Trinajstić information content (AvgIpc) is 3.29. The minimum atomic E-state index is 0.719. The number of nitrogens with zero attached hydrogens (tertiary/aromatic N) is 3. The summed E-state index contributed by atoms with van der Waals surface area (Å²) in [5.74, 6) is 1.89. The van der Waals surface area contributed by atoms with E-state index in [1.54, 1.807) is 18.4 Å². The highest BCUT2D eigenvalue weighted by Gasteiger charge is 2.12. The third-order valence-electron chi connectivity index (χ3n) is 3.96. The normalized spacial score (nSPS) is 15.0. The van der Waals surface area contributed by atoms with E-state index in [1.165, 1.54) is 18.4 Å². The Morgan fingerprint density at radius 2 is 1.96 bits per heavy atom. The number of nitrogens with one attached hydrogen (secondary N) is 2. The molecule has 0 aliphatic carbocycles. The second kappa shape index (κ2) is 7.97. The van der Waals surface area contributed by atoms with E-state index in [-0.39, 0.29) is 0 Å². The molecule has 122 valence electrons. The summed E-state index contributed by atoms with van der Waals surface area (Å²) in [4.78, 5) is 11.2. The van der Waals surface area contributed by atoms with Gasteiger partial charge in [0.1, 0.15) is 5.82 Å². The number of aliphatic imine (C=N–C) groups is 1. The fourth-order valence-electron chi connectivity index (χ4n) is 2.64. The second-order valence-corrected chi connectivity index (χ2v) is 6.41. The van der Waals surface area contributed by atoms with Gasteiger partial charge in [0, 0.05) is 39.4 Å². The second-order valence-electron chi connectivity index (χ2n) is 5.63. The molecule has 0 spiro atoms. The summed E-state index contributed by atoms with van der Waals surface area (Å²) in [6, 6.07) is 6.37. The Morgan fingerprint density at radius 1 is 1.17 bits per heavy atom. The van der Waals surface area contributed by atoms with Crippen LogP contribution in [0.2, 0.25) is 0 Å². The first-order valence-corrected chi connectivity index (χ1v) is 8.95. The smallest absolute Gasteiger partial charge is 0.191 e. The molecule has 3 heterocycles. The lowest BCUT2D eigenvalue weighted by molar-refractivity contribution is 0.807. The Hall–Kier alpha value is -2.08. The molecule has 0 unspecified atom stereocenters. The molecule has 6 heteroatoms. The van der Waals surface area contributed by atoms with Crippen LogP contribution in [0.5, 0.6) is 0 Å². The minimum absolute atomic E-state index is 0.719. The van der Waals surface area contributed by atoms with E-state index in [4.69, 9.17) is 0 Å². The van der Waals surface area contributed by atoms with Crippen LogP contribution in [0.15, 0.2) is 40.1 Å². The van der Waals surface area contributed by atoms with E-state index in [9.17, 15) is 0 Å². The molecule has 23 heavy (non-hydrogen) atoms. The molecule has 5 nitrogen and oxygen atoms in total. The topological polar surface area (TPSA) is 52.6 Å². The summed E-state index contributed by atoms with van der Waals surface area (Å²) < 4.78 is 0. The molecule has 1 fully saturated rings. The van der Waals surface area contributed by atoms with Gasteiger partial charge < -0.3 is 15.5 Å². The lowest BCUT2D eigenvalue weighted by atomic mass is 10.3. The summed E-state index contributed by atoms with van der Waals surface area (Å²) >= 11 is 1.71. The van der Waals surface area contributed by atoms with Crippen molar-refractivity contribution < 1.29 is 0 Å². The fourth-order valence-corrected chi connectivity index (χ4v) is 3.31. The molecule has 0 saturated carbocycles. The highest BCUT2D eigenvalue weighted by Crippen LogP contribution is 2.17. The molecule has 0 bridgehead atoms. The van der Waals surface area contributed by atoms with Crippen molar-refractivity contribution in [2.45, 2.75) is 25.9 Å². The summed E-state index contributed by atoms with van der Waals surface area (Å²) in [7, 11) is 1.79. The van der Waals surface area contributed by atoms with Crippen molar-refractivity contribution in [1.29, 1.82) is 0 Å². The zero-order valence-electron chi connectivity index (χ0n) is 13.5. The van der Waals surface area contributed by atoms with E-state index in [1.807, 2.05) is 6.20 Å². The van der Waals surface area contributed by atoms with Crippen molar-refractivity contribution in [3.8, 4) is 0 Å². The molecule has 1 saturated heterocycles. The van der Waals surface area contributed by atoms with E-state index < -0.39 is 0 Å². The van der Waals surface area contributed by atoms with Gasteiger partial charge in [-0.05, 0) is 46.9 Å². The van der Waals surface area contributed by atoms with Crippen molar-refractivity contribution >= 4 is 23.1 Å². The van der Waals surface area contributed by atoms with Gasteiger partial charge in [-0.25, -0.2) is 4.98 Å². The van der Waals surface area contributed by atoms with Gasteiger partial charge in [0.2, 0.25) is 0 Å². The molecule has 0 radical (unpaired) electrons. The van der Waals surface area contributed by atoms with Crippen molar-refractivity contribution in [3.63, 3.8) is 0 Å². The lowest BCUT2D eigenvalue weighted by Gasteiger charge is -2.16. The Kier molecular flexibility index (Phi) is 5.47. The first-order chi connectivity index (χ1) is 11.3. The van der Waals surface area contributed by atoms with E-state index in [0.29, 0.717) is 0 Å². The summed E-state index contributed by atoms with van der Waals surface area (Å²) in [6.07, 6.45) is 4.50. The molecule has 3 rings (SSSR count). The predicted molar refractivity (Wildman–Crippen MR) is 97.0 cm³/mol. The third kappa shape index (κ3) is 4.45. The lowest BCUT2D eigenvalue weighted by Crippen LogP contribution is -2.36. The van der Waals surface area contributed by atoms with Gasteiger partial charge in [-0.3, -0.25) is 4.99 Å². The monoisotopic (exact) mass is 329 g/mol. The van der Waals surface area contributed by atoms with Crippen LogP contribution >= 0.6 is 11.3 Å². The van der Waals surface area contributed by atoms with Crippen molar-refractivity contribution in [2.24, 2.45) is 4.99 Å². The maximum atomic E-state index is 4.58. The number of hydrogen-bond donors (Lipinski definition) is 2. The average molecular weight is 329 g/mol. The Labute approximate surface area is 141 Å². The van der Waals surface area contributed by atoms with Gasteiger partial charge in [0.15, 0.2) is 5.96 Å². The third-order valence-corrected chi connectivity index (χ3v) is 4.69. The van der Waals surface area contributed by atoms with E-state index in [2.05, 4.69) is 54.5 Å². The molecule has 0 atom stereocenters. The van der Waals surface area contributed by atoms with Gasteiger partial charge in [-0.15, -0.1) is 0 Å². The molecule has 1 aliphatic rings. The van der Waals surface area contributed by atoms with Crippen LogP contribution in [-0.2, 0) is 13.1 Å². The van der Waals surface area contributed by atoms with E-state index >= 15 is 0 Å². The number of rotatable bonds is 5. The minimum Gasteiger partial charge on any atom is -0.357 e. The zero-order valence-corrected chi connectivity index (χ0v) is 14.3. The van der Waals surface area contributed by atoms with Crippen molar-refractivity contribution in [1.82, 2.24) is 15.6 Å². The van der Waals surface area contributed by atoms with Gasteiger partial charge in [-0.2, -0.15) is 11.3 Å². The van der Waals surface area contributed by atoms with E-state index in [0.717, 1.165) is 43.5 Å². The number of guanidine groups is 1. The Bertz CT molecular complexity index is 615. The molecular formula is C17H23N5S. The zero-order chi connectivity index (χ0) is 15.9. The molecule has 0 aromatic carbocycles. The first kappa shape index (κ1) is 15.8. The van der Waals surface area contributed by atoms with Crippen LogP contribution in [0.4, 0.5) is 5.82 Å². The van der Waals surface area contributed by atoms with Crippen LogP contribution in [0.1, 0.15) is 24.0 Å². The van der Waals surface area contributed by atoms with Crippen LogP contribution in [0, 0.1) is 0 Å². The number of hydrogen-bond acceptors (Lipinski definition) is 4. The largest absolute Gasteiger partial charge is 0.357 e. The van der Waals surface area contributed by atoms with Crippen LogP contribution in [0.25, 0.3) is 0 Å². The number of aromatic nitrogens is 1. The summed E-state index contributed by atoms with van der Waals surface area (Å²) in [5.41, 5.74) is 2.43. The summed E-state index contributed by atoms with van der Waals surface area (Å²) in [5, 5.41) is 10.9. The standard InChI is InChI=1S/C17H23N5S/c1-18-17(21-12-15-6-9-23-13-15)20-11-14-4-5-16(19-10-14)22-7-2-3-8-22/h4-6,9-10,13H,2-3,7-8,11-12H2,1H3,(H2,18,20,21). The van der Waals surface area contributed by atoms with Crippen molar-refractivity contribution in [2.75, 3.05) is 25.0 Å². The number of anilines is 1. The fraction of sp³-hybridized carbons (Fsp3) is 0.412. The molecule has 0 amide bonds. The van der Waals surface area contributed by atoms with Gasteiger partial charge in [0.25, 0.3) is 0 Å². The van der Waals surface area contributed by atoms with Gasteiger partial charge >= 0.3 is 0 Å². The molecule has 2 N–H and O–H groups in total. The Balaban J connectivity index is 1.48. The van der Waals surface area contributed by atoms with Crippen LogP contribution < -0.4 is 15.5 Å². The molecule has 1 aliphatic heterocycles. The number of pyridine rings is 1. The molecular weight excluding hydrogens is 306 g/mol. The Morgan fingerprint density at radius 3 is 2.57 bits per heavy atom. The first-order valence-electron chi connectivity index (χ1n) is 8.00. The van der Waals surface area contributed by atoms with Gasteiger partial charge in [0.05, 0.1) is 0 Å². The maximum Gasteiger partial charge on any atom is 0.191 e. The van der Waals surface area contributed by atoms with Gasteiger partial charge in [-0.1, -0.05) is 6.07 Å². The summed E-state index contributed by atoms with van der Waals surface area (Å²) in [6.45, 7) is 3.76. The van der Waals surface area contributed by atoms with Crippen LogP contribution in [-0.4, -0.2) is 31.1 Å².